The Balaban J connectivity index is 1.13. The Hall–Kier alpha value is -4.40. The number of hydrogen-bond acceptors (Lipinski definition) is 8. The van der Waals surface area contributed by atoms with Gasteiger partial charge in [0.2, 0.25) is 17.7 Å². The van der Waals surface area contributed by atoms with E-state index in [1.54, 1.807) is 19.2 Å². The summed E-state index contributed by atoms with van der Waals surface area (Å²) in [6.45, 7) is 11.7. The number of aromatic nitrogens is 3. The van der Waals surface area contributed by atoms with E-state index in [1.165, 1.54) is 5.56 Å². The molecule has 0 aliphatic heterocycles. The van der Waals surface area contributed by atoms with E-state index in [4.69, 9.17) is 18.6 Å². The highest BCUT2D eigenvalue weighted by molar-refractivity contribution is 5.68. The molecule has 4 aromatic rings. The van der Waals surface area contributed by atoms with Crippen molar-refractivity contribution in [2.24, 2.45) is 0 Å². The summed E-state index contributed by atoms with van der Waals surface area (Å²) < 4.78 is 22.8. The van der Waals surface area contributed by atoms with Crippen LogP contribution in [-0.4, -0.2) is 39.0 Å². The van der Waals surface area contributed by atoms with Crippen LogP contribution in [0.2, 0.25) is 0 Å². The number of benzene rings is 2. The van der Waals surface area contributed by atoms with Crippen molar-refractivity contribution in [2.75, 3.05) is 0 Å². The first-order chi connectivity index (χ1) is 19.4. The van der Waals surface area contributed by atoms with E-state index in [-0.39, 0.29) is 23.7 Å². The average molecular weight is 557 g/mol. The molecule has 214 valence electrons. The number of ether oxygens (including phenoxy) is 3. The number of nitrogens with one attached hydrogen (secondary N) is 1. The smallest absolute Gasteiger partial charge is 0.407 e. The fourth-order valence-corrected chi connectivity index (χ4v) is 4.60. The van der Waals surface area contributed by atoms with E-state index >= 15 is 0 Å². The second-order valence-corrected chi connectivity index (χ2v) is 11.8. The van der Waals surface area contributed by atoms with Crippen LogP contribution in [0.1, 0.15) is 64.5 Å². The molecule has 5 rings (SSSR count). The van der Waals surface area contributed by atoms with Gasteiger partial charge in [-0.05, 0) is 62.2 Å². The highest BCUT2D eigenvalue weighted by atomic mass is 16.6. The monoisotopic (exact) mass is 556 g/mol. The Kier molecular flexibility index (Phi) is 7.71. The van der Waals surface area contributed by atoms with Crippen molar-refractivity contribution >= 4 is 6.09 Å². The van der Waals surface area contributed by atoms with Gasteiger partial charge in [-0.25, -0.2) is 9.78 Å². The fraction of sp³-hybridized carbons (Fsp3) is 0.375. The first-order valence-electron chi connectivity index (χ1n) is 13.8. The Morgan fingerprint density at radius 2 is 1.51 bits per heavy atom. The molecule has 9 heteroatoms. The zero-order valence-corrected chi connectivity index (χ0v) is 24.3. The molecule has 1 aliphatic carbocycles. The van der Waals surface area contributed by atoms with Gasteiger partial charge in [-0.2, -0.15) is 0 Å². The molecule has 1 fully saturated rings. The number of pyridine rings is 1. The molecule has 0 atom stereocenters. The van der Waals surface area contributed by atoms with E-state index in [9.17, 15) is 4.79 Å². The minimum atomic E-state index is -0.503. The van der Waals surface area contributed by atoms with Crippen molar-refractivity contribution in [3.05, 3.63) is 83.9 Å². The largest absolute Gasteiger partial charge is 0.490 e. The summed E-state index contributed by atoms with van der Waals surface area (Å²) in [5.74, 6) is 2.93. The molecule has 41 heavy (non-hydrogen) atoms. The molecule has 1 aliphatic rings. The van der Waals surface area contributed by atoms with Gasteiger partial charge >= 0.3 is 6.09 Å². The zero-order valence-electron chi connectivity index (χ0n) is 24.3. The van der Waals surface area contributed by atoms with Gasteiger partial charge in [-0.1, -0.05) is 38.1 Å². The van der Waals surface area contributed by atoms with Crippen molar-refractivity contribution in [1.82, 2.24) is 20.5 Å². The van der Waals surface area contributed by atoms with Gasteiger partial charge in [-0.3, -0.25) is 0 Å². The van der Waals surface area contributed by atoms with Crippen LogP contribution in [0.5, 0.6) is 17.4 Å². The van der Waals surface area contributed by atoms with Crippen LogP contribution < -0.4 is 14.8 Å². The van der Waals surface area contributed by atoms with Crippen molar-refractivity contribution in [3.8, 4) is 28.8 Å². The van der Waals surface area contributed by atoms with E-state index in [1.807, 2.05) is 51.1 Å². The maximum absolute atomic E-state index is 11.9. The van der Waals surface area contributed by atoms with E-state index in [0.29, 0.717) is 23.4 Å². The van der Waals surface area contributed by atoms with Crippen molar-refractivity contribution in [3.63, 3.8) is 0 Å². The summed E-state index contributed by atoms with van der Waals surface area (Å²) in [7, 11) is 0. The lowest BCUT2D eigenvalue weighted by Crippen LogP contribution is -2.50. The molecule has 1 amide bonds. The number of aryl methyl sites for hydroxylation is 1. The van der Waals surface area contributed by atoms with Crippen molar-refractivity contribution < 1.29 is 23.4 Å². The third-order valence-corrected chi connectivity index (χ3v) is 7.00. The van der Waals surface area contributed by atoms with Gasteiger partial charge in [0.1, 0.15) is 23.2 Å². The number of nitrogens with zero attached hydrogens (tertiary/aromatic N) is 3. The number of rotatable bonds is 8. The summed E-state index contributed by atoms with van der Waals surface area (Å²) in [5, 5.41) is 10.8. The van der Waals surface area contributed by atoms with Gasteiger partial charge in [-0.15, -0.1) is 10.2 Å². The van der Waals surface area contributed by atoms with Crippen molar-refractivity contribution in [1.29, 1.82) is 0 Å². The third-order valence-electron chi connectivity index (χ3n) is 7.00. The fourth-order valence-electron chi connectivity index (χ4n) is 4.60. The summed E-state index contributed by atoms with van der Waals surface area (Å²) in [6.07, 6.45) is 2.87. The predicted molar refractivity (Wildman–Crippen MR) is 154 cm³/mol. The van der Waals surface area contributed by atoms with Crippen molar-refractivity contribution in [2.45, 2.75) is 77.5 Å². The van der Waals surface area contributed by atoms with Gasteiger partial charge in [0.05, 0.1) is 5.56 Å². The maximum Gasteiger partial charge on any atom is 0.407 e. The van der Waals surface area contributed by atoms with Crippen LogP contribution in [0.15, 0.2) is 71.3 Å². The van der Waals surface area contributed by atoms with E-state index < -0.39 is 5.60 Å². The van der Waals surface area contributed by atoms with E-state index in [2.05, 4.69) is 58.6 Å². The molecular formula is C32H36N4O5. The lowest BCUT2D eigenvalue weighted by Gasteiger charge is -2.36. The third kappa shape index (κ3) is 7.03. The minimum Gasteiger partial charge on any atom is -0.490 e. The van der Waals surface area contributed by atoms with Crippen LogP contribution >= 0.6 is 0 Å². The number of alkyl carbamates (subject to hydrolysis) is 1. The molecule has 0 radical (unpaired) electrons. The average Bonchev–Trinajstić information content (AvgIpc) is 3.33. The zero-order chi connectivity index (χ0) is 29.2. The molecule has 9 nitrogen and oxygen atoms in total. The first-order valence-corrected chi connectivity index (χ1v) is 13.8. The highest BCUT2D eigenvalue weighted by Gasteiger charge is 2.33. The Bertz CT molecular complexity index is 1470. The van der Waals surface area contributed by atoms with E-state index in [0.717, 1.165) is 29.7 Å². The molecule has 1 saturated carbocycles. The van der Waals surface area contributed by atoms with Crippen LogP contribution in [0.25, 0.3) is 11.5 Å². The van der Waals surface area contributed by atoms with Crippen LogP contribution in [0.3, 0.4) is 0 Å². The molecular weight excluding hydrogens is 520 g/mol. The molecule has 0 spiro atoms. The normalized spacial score (nSPS) is 16.9. The van der Waals surface area contributed by atoms with Crippen LogP contribution in [0.4, 0.5) is 4.79 Å². The van der Waals surface area contributed by atoms with Gasteiger partial charge < -0.3 is 23.9 Å². The molecule has 2 aromatic carbocycles. The second kappa shape index (κ2) is 11.2. The standard InChI is InChI=1S/C32H36N4O5/c1-20-35-36-29(38-20)21-7-16-28(33-19-21)40-26-14-10-23(11-15-26)32(5,6)22-8-12-25(13-9-22)39-27-17-24(18-27)34-30(37)41-31(2,3)4/h7-16,19,24,27H,17-18H2,1-6H3,(H,34,37)/t24-,27-. The minimum absolute atomic E-state index is 0.0787. The molecule has 2 heterocycles. The lowest BCUT2D eigenvalue weighted by molar-refractivity contribution is 0.0363. The quantitative estimate of drug-likeness (QED) is 0.247. The maximum atomic E-state index is 11.9. The van der Waals surface area contributed by atoms with Gasteiger partial charge in [0.15, 0.2) is 0 Å². The Morgan fingerprint density at radius 1 is 0.878 bits per heavy atom. The second-order valence-electron chi connectivity index (χ2n) is 11.8. The molecule has 0 saturated heterocycles. The van der Waals surface area contributed by atoms with Gasteiger partial charge in [0.25, 0.3) is 0 Å². The SMILES string of the molecule is Cc1nnc(-c2ccc(Oc3ccc(C(C)(C)c4ccc(O[C@H]5C[C@H](NC(=O)OC(C)(C)C)C5)cc4)cc3)nc2)o1. The van der Waals surface area contributed by atoms with Gasteiger partial charge in [0, 0.05) is 43.5 Å². The summed E-state index contributed by atoms with van der Waals surface area (Å²) >= 11 is 0. The lowest BCUT2D eigenvalue weighted by atomic mass is 9.78. The Morgan fingerprint density at radius 3 is 2.05 bits per heavy atom. The predicted octanol–water partition coefficient (Wildman–Crippen LogP) is 6.99. The summed E-state index contributed by atoms with van der Waals surface area (Å²) in [6, 6.07) is 20.0. The number of carbonyl (C=O) groups excluding carboxylic acids is 1. The number of amides is 1. The van der Waals surface area contributed by atoms with Crippen LogP contribution in [-0.2, 0) is 10.2 Å². The number of carbonyl (C=O) groups is 1. The molecule has 1 N–H and O–H groups in total. The highest BCUT2D eigenvalue weighted by Crippen LogP contribution is 2.35. The summed E-state index contributed by atoms with van der Waals surface area (Å²) in [5.41, 5.74) is 2.34. The number of hydrogen-bond donors (Lipinski definition) is 1. The topological polar surface area (TPSA) is 109 Å². The first kappa shape index (κ1) is 28.1. The van der Waals surface area contributed by atoms with Crippen LogP contribution in [0, 0.1) is 6.92 Å². The summed E-state index contributed by atoms with van der Waals surface area (Å²) in [4.78, 5) is 16.3. The molecule has 0 bridgehead atoms. The molecule has 2 aromatic heterocycles. The Labute approximate surface area is 240 Å². The molecule has 0 unspecified atom stereocenters.